The first kappa shape index (κ1) is 28.2. The Morgan fingerprint density at radius 2 is 1.93 bits per heavy atom. The van der Waals surface area contributed by atoms with Crippen LogP contribution >= 0.6 is 0 Å². The summed E-state index contributed by atoms with van der Waals surface area (Å²) < 4.78 is 71.1. The number of hydrogen-bond acceptors (Lipinski definition) is 5. The molecule has 5 rings (SSSR count). The number of rotatable bonds is 9. The topological polar surface area (TPSA) is 101 Å². The SMILES string of the molecule is O=C(N[C@@H](CCC1CCCC(F)(F)C1)Cc1nn[nH]n1)c1cc(-c2ccccc2C(F)(F)F)n(C2CCCC2)n1. The number of tetrazole rings is 1. The quantitative estimate of drug-likeness (QED) is 0.304. The normalized spacial score (nSPS) is 20.5. The zero-order valence-electron chi connectivity index (χ0n) is 21.9. The average molecular weight is 566 g/mol. The second kappa shape index (κ2) is 11.6. The lowest BCUT2D eigenvalue weighted by Gasteiger charge is -2.30. The number of nitrogens with zero attached hydrogens (tertiary/aromatic N) is 5. The van der Waals surface area contributed by atoms with E-state index in [0.717, 1.165) is 31.7 Å². The molecule has 216 valence electrons. The first-order valence-corrected chi connectivity index (χ1v) is 13.8. The van der Waals surface area contributed by atoms with Gasteiger partial charge in [0.2, 0.25) is 5.92 Å². The van der Waals surface area contributed by atoms with Gasteiger partial charge in [-0.25, -0.2) is 8.78 Å². The summed E-state index contributed by atoms with van der Waals surface area (Å²) in [6.07, 6.45) is 0.804. The molecular weight excluding hydrogens is 533 g/mol. The highest BCUT2D eigenvalue weighted by Gasteiger charge is 2.37. The highest BCUT2D eigenvalue weighted by molar-refractivity contribution is 5.93. The molecule has 2 N–H and O–H groups in total. The molecule has 2 aliphatic carbocycles. The monoisotopic (exact) mass is 565 g/mol. The van der Waals surface area contributed by atoms with Crippen molar-refractivity contribution in [2.24, 2.45) is 5.92 Å². The maximum atomic E-state index is 13.9. The van der Waals surface area contributed by atoms with Gasteiger partial charge in [0, 0.05) is 30.9 Å². The first-order valence-electron chi connectivity index (χ1n) is 13.8. The molecule has 1 aromatic carbocycles. The Bertz CT molecular complexity index is 1280. The van der Waals surface area contributed by atoms with Gasteiger partial charge in [-0.05, 0) is 50.2 Å². The molecule has 40 heavy (non-hydrogen) atoms. The molecule has 2 aliphatic rings. The number of H-pyrrole nitrogens is 1. The summed E-state index contributed by atoms with van der Waals surface area (Å²) in [7, 11) is 0. The van der Waals surface area contributed by atoms with Crippen molar-refractivity contribution in [3.05, 3.63) is 47.4 Å². The second-order valence-corrected chi connectivity index (χ2v) is 10.9. The predicted molar refractivity (Wildman–Crippen MR) is 135 cm³/mol. The minimum absolute atomic E-state index is 0.00110. The lowest BCUT2D eigenvalue weighted by molar-refractivity contribution is -0.137. The van der Waals surface area contributed by atoms with Crippen molar-refractivity contribution in [1.82, 2.24) is 35.7 Å². The van der Waals surface area contributed by atoms with Crippen LogP contribution < -0.4 is 5.32 Å². The number of aromatic amines is 1. The van der Waals surface area contributed by atoms with E-state index in [-0.39, 0.29) is 48.2 Å². The van der Waals surface area contributed by atoms with Gasteiger partial charge in [-0.1, -0.05) is 42.7 Å². The van der Waals surface area contributed by atoms with E-state index in [1.165, 1.54) is 24.3 Å². The molecule has 13 heteroatoms. The van der Waals surface area contributed by atoms with Crippen LogP contribution in [0.1, 0.15) is 92.1 Å². The molecule has 2 fully saturated rings. The summed E-state index contributed by atoms with van der Waals surface area (Å²) in [5.41, 5.74) is -0.583. The van der Waals surface area contributed by atoms with Crippen molar-refractivity contribution in [1.29, 1.82) is 0 Å². The van der Waals surface area contributed by atoms with Crippen molar-refractivity contribution in [2.75, 3.05) is 0 Å². The molecule has 3 aromatic rings. The van der Waals surface area contributed by atoms with Crippen molar-refractivity contribution in [2.45, 2.75) is 94.8 Å². The van der Waals surface area contributed by atoms with Gasteiger partial charge in [0.25, 0.3) is 5.91 Å². The van der Waals surface area contributed by atoms with Crippen LogP contribution in [0.2, 0.25) is 0 Å². The second-order valence-electron chi connectivity index (χ2n) is 10.9. The Balaban J connectivity index is 1.39. The van der Waals surface area contributed by atoms with Gasteiger partial charge in [-0.2, -0.15) is 23.5 Å². The molecule has 0 radical (unpaired) electrons. The van der Waals surface area contributed by atoms with Crippen molar-refractivity contribution >= 4 is 5.91 Å². The van der Waals surface area contributed by atoms with Crippen LogP contribution in [0.15, 0.2) is 30.3 Å². The number of nitrogens with one attached hydrogen (secondary N) is 2. The van der Waals surface area contributed by atoms with E-state index in [9.17, 15) is 26.7 Å². The number of carbonyl (C=O) groups is 1. The van der Waals surface area contributed by atoms with E-state index in [2.05, 4.69) is 31.0 Å². The molecule has 1 amide bonds. The number of benzene rings is 1. The third-order valence-corrected chi connectivity index (χ3v) is 7.97. The molecule has 1 unspecified atom stereocenters. The first-order chi connectivity index (χ1) is 19.1. The summed E-state index contributed by atoms with van der Waals surface area (Å²) in [6.45, 7) is 0. The molecule has 0 aliphatic heterocycles. The smallest absolute Gasteiger partial charge is 0.347 e. The van der Waals surface area contributed by atoms with Gasteiger partial charge >= 0.3 is 6.18 Å². The molecular formula is C27H32F5N7O. The van der Waals surface area contributed by atoms with Crippen LogP contribution in [0, 0.1) is 5.92 Å². The van der Waals surface area contributed by atoms with E-state index in [1.54, 1.807) is 4.68 Å². The van der Waals surface area contributed by atoms with Crippen molar-refractivity contribution in [3.63, 3.8) is 0 Å². The molecule has 2 atom stereocenters. The zero-order valence-corrected chi connectivity index (χ0v) is 21.9. The third kappa shape index (κ3) is 6.67. The predicted octanol–water partition coefficient (Wildman–Crippen LogP) is 6.14. The lowest BCUT2D eigenvalue weighted by Crippen LogP contribution is -2.38. The van der Waals surface area contributed by atoms with Gasteiger partial charge < -0.3 is 5.32 Å². The van der Waals surface area contributed by atoms with E-state index < -0.39 is 29.6 Å². The summed E-state index contributed by atoms with van der Waals surface area (Å²) in [5.74, 6) is -3.04. The Labute approximate surface area is 228 Å². The van der Waals surface area contributed by atoms with Crippen LogP contribution in [-0.2, 0) is 12.6 Å². The number of alkyl halides is 5. The standard InChI is InChI=1S/C27H32F5N7O/c28-26(29)13-5-6-17(16-26)11-12-18(14-24-34-37-38-35-24)33-25(40)22-15-23(39(36-22)19-7-1-2-8-19)20-9-3-4-10-21(20)27(30,31)32/h3-4,9-10,15,17-19H,1-2,5-8,11-14,16H2,(H,33,40)(H,34,35,37,38)/t17?,18-/m0/s1. The van der Waals surface area contributed by atoms with E-state index >= 15 is 0 Å². The molecule has 2 aromatic heterocycles. The Kier molecular flexibility index (Phi) is 8.18. The molecule has 2 heterocycles. The van der Waals surface area contributed by atoms with E-state index in [0.29, 0.717) is 31.5 Å². The van der Waals surface area contributed by atoms with Gasteiger partial charge in [-0.15, -0.1) is 10.2 Å². The number of hydrogen-bond donors (Lipinski definition) is 2. The summed E-state index contributed by atoms with van der Waals surface area (Å²) in [5, 5.41) is 21.2. The molecule has 2 saturated carbocycles. The number of aromatic nitrogens is 6. The Hall–Kier alpha value is -3.38. The van der Waals surface area contributed by atoms with E-state index in [4.69, 9.17) is 0 Å². The van der Waals surface area contributed by atoms with Crippen LogP contribution in [0.25, 0.3) is 11.3 Å². The summed E-state index contributed by atoms with van der Waals surface area (Å²) in [6, 6.07) is 6.09. The Morgan fingerprint density at radius 3 is 2.62 bits per heavy atom. The highest BCUT2D eigenvalue weighted by atomic mass is 19.4. The molecule has 0 spiro atoms. The van der Waals surface area contributed by atoms with Crippen molar-refractivity contribution < 1.29 is 26.7 Å². The van der Waals surface area contributed by atoms with Gasteiger partial charge in [0.1, 0.15) is 0 Å². The third-order valence-electron chi connectivity index (χ3n) is 7.97. The fourth-order valence-corrected chi connectivity index (χ4v) is 6.02. The average Bonchev–Trinajstić information content (AvgIpc) is 3.68. The lowest BCUT2D eigenvalue weighted by atomic mass is 9.82. The summed E-state index contributed by atoms with van der Waals surface area (Å²) in [4.78, 5) is 13.4. The van der Waals surface area contributed by atoms with Crippen LogP contribution in [0.4, 0.5) is 22.0 Å². The highest BCUT2D eigenvalue weighted by Crippen LogP contribution is 2.41. The van der Waals surface area contributed by atoms with Crippen molar-refractivity contribution in [3.8, 4) is 11.3 Å². The summed E-state index contributed by atoms with van der Waals surface area (Å²) >= 11 is 0. The van der Waals surface area contributed by atoms with E-state index in [1.807, 2.05) is 0 Å². The van der Waals surface area contributed by atoms with Gasteiger partial charge in [0.05, 0.1) is 17.3 Å². The molecule has 0 bridgehead atoms. The fourth-order valence-electron chi connectivity index (χ4n) is 6.02. The maximum absolute atomic E-state index is 13.9. The number of amides is 1. The molecule has 8 nitrogen and oxygen atoms in total. The van der Waals surface area contributed by atoms with Gasteiger partial charge in [0.15, 0.2) is 11.5 Å². The minimum atomic E-state index is -4.57. The van der Waals surface area contributed by atoms with Gasteiger partial charge in [-0.3, -0.25) is 9.48 Å². The largest absolute Gasteiger partial charge is 0.417 e. The van der Waals surface area contributed by atoms with Crippen LogP contribution in [0.5, 0.6) is 0 Å². The number of carbonyl (C=O) groups excluding carboxylic acids is 1. The fraction of sp³-hybridized carbons (Fsp3) is 0.593. The molecule has 0 saturated heterocycles. The number of halogens is 5. The van der Waals surface area contributed by atoms with Crippen LogP contribution in [0.3, 0.4) is 0 Å². The maximum Gasteiger partial charge on any atom is 0.417 e. The van der Waals surface area contributed by atoms with Crippen LogP contribution in [-0.4, -0.2) is 48.3 Å². The Morgan fingerprint density at radius 1 is 1.15 bits per heavy atom. The zero-order chi connectivity index (χ0) is 28.3. The minimum Gasteiger partial charge on any atom is -0.347 e.